The fourth-order valence-electron chi connectivity index (χ4n) is 9.36. The molecule has 0 aliphatic rings. The summed E-state index contributed by atoms with van der Waals surface area (Å²) in [7, 11) is 0. The second-order valence-corrected chi connectivity index (χ2v) is 31.8. The van der Waals surface area contributed by atoms with Gasteiger partial charge >= 0.3 is 0 Å². The van der Waals surface area contributed by atoms with Gasteiger partial charge in [0.1, 0.15) is 35.6 Å². The van der Waals surface area contributed by atoms with Gasteiger partial charge in [0.25, 0.3) is 0 Å². The topological polar surface area (TPSA) is 264 Å². The van der Waals surface area contributed by atoms with E-state index in [0.717, 1.165) is 144 Å². The van der Waals surface area contributed by atoms with E-state index in [-0.39, 0.29) is 19.8 Å². The Labute approximate surface area is 727 Å². The molecule has 0 spiro atoms. The molecule has 0 rings (SSSR count). The van der Waals surface area contributed by atoms with Crippen molar-refractivity contribution in [2.24, 2.45) is 11.8 Å². The number of nitrogens with zero attached hydrogens (tertiary/aromatic N) is 8. The first-order valence-electron chi connectivity index (χ1n) is 42.9. The van der Waals surface area contributed by atoms with Crippen molar-refractivity contribution in [2.75, 3.05) is 197 Å². The van der Waals surface area contributed by atoms with Crippen molar-refractivity contribution < 1.29 is 51.1 Å². The van der Waals surface area contributed by atoms with E-state index in [1.807, 2.05) is 65.2 Å². The minimum Gasteiger partial charge on any atom is -0.396 e. The molecule has 0 aliphatic carbocycles. The van der Waals surface area contributed by atoms with Gasteiger partial charge in [0.2, 0.25) is 0 Å². The van der Waals surface area contributed by atoms with Crippen molar-refractivity contribution >= 4 is 0 Å². The van der Waals surface area contributed by atoms with E-state index in [1.165, 1.54) is 0 Å². The number of rotatable bonds is 41. The highest BCUT2D eigenvalue weighted by atomic mass is 16.3. The van der Waals surface area contributed by atoms with Crippen LogP contribution in [-0.2, 0) is 0 Å². The SMILES string of the molecule is C#CC(C)(C)NCC(O)CCO.C#CC(C)(C)NCC(O)CNC(C)(C)C#C.C#CCN(CC)CC(O)CN(CC)CC#C.CCN(CC)CC#CC(C)(C)O.CCN(CC)CC#CC(C)(C)O.CCN(CC)CC#CC(C)(O)CC(C)C.CCN(CC)CC#CC(C)(O)CC(C)C.CCN(CC)CC#CCO.CCN(CC)CC#CCO. The monoisotopic (exact) mass is 1660 g/mol. The molecule has 0 heterocycles. The van der Waals surface area contributed by atoms with E-state index in [2.05, 4.69) is 257 Å². The molecule has 0 radical (unpaired) electrons. The summed E-state index contributed by atoms with van der Waals surface area (Å²) in [5, 5.41) is 102. The Hall–Kier alpha value is -5.68. The molecule has 13 N–H and O–H groups in total. The van der Waals surface area contributed by atoms with Crippen LogP contribution in [0.3, 0.4) is 0 Å². The quantitative estimate of drug-likeness (QED) is 0.0265. The highest BCUT2D eigenvalue weighted by molar-refractivity contribution is 5.16. The second-order valence-electron chi connectivity index (χ2n) is 31.8. The van der Waals surface area contributed by atoms with Crippen LogP contribution >= 0.6 is 0 Å². The van der Waals surface area contributed by atoms with Gasteiger partial charge in [0.15, 0.2) is 0 Å². The molecule has 0 aromatic heterocycles. The Bertz CT molecular complexity index is 2800. The second kappa shape index (κ2) is 82.3. The summed E-state index contributed by atoms with van der Waals surface area (Å²) in [4.78, 5) is 17.3. The first-order chi connectivity index (χ1) is 54.9. The Morgan fingerprint density at radius 1 is 0.297 bits per heavy atom. The molecule has 0 amide bonds. The molecular weight excluding hydrogens is 1480 g/mol. The zero-order valence-corrected chi connectivity index (χ0v) is 80.7. The molecule has 0 aromatic rings. The van der Waals surface area contributed by atoms with E-state index < -0.39 is 57.3 Å². The summed E-state index contributed by atoms with van der Waals surface area (Å²) < 4.78 is 0. The maximum absolute atomic E-state index is 9.95. The standard InChI is InChI=1S/2C13H22N2O.2C13H25NO.2C10H19NO.C9H17NO2.2C8H15NO/c1-7-12(3,4)14-9-11(16)10-15-13(5,6)8-2;1-5-9-14(7-3)11-13(16)12-15(8-4)10-6-2;2*1-6-14(7-2)10-8-9-13(5,15)11-12(3)4;2*1-5-11(6-2)9-7-8-10(3,4)12;1-4-9(2,3)10-7-8(12)5-6-11;2*1-3-9(4-2)7-5-6-8-10/h1-2,11,14-16H,9-10H2,3-6H3;1-2,13,16H,7-12H2,3-4H3;2*12,15H,6-7,10-11H2,1-5H3;2*12H,5-6,9H2,1-4H3;1,8,10-12H,5-7H2,2-3H3;2*10H,3-4,7-8H2,1-2H3. The summed E-state index contributed by atoms with van der Waals surface area (Å²) in [6, 6.07) is 0. The van der Waals surface area contributed by atoms with Crippen molar-refractivity contribution in [2.45, 2.75) is 284 Å². The average Bonchev–Trinajstić information content (AvgIpc) is 0.939. The van der Waals surface area contributed by atoms with Gasteiger partial charge in [-0.15, -0.1) is 32.1 Å². The number of aliphatic hydroxyl groups is 10. The number of likely N-dealkylation sites (N-methyl/N-ethyl adjacent to an activating group) is 2. The summed E-state index contributed by atoms with van der Waals surface area (Å²) >= 11 is 0. The molecule has 0 saturated carbocycles. The van der Waals surface area contributed by atoms with E-state index >= 15 is 0 Å². The zero-order chi connectivity index (χ0) is 93.5. The maximum Gasteiger partial charge on any atom is 0.123 e. The molecule has 0 bridgehead atoms. The van der Waals surface area contributed by atoms with Crippen molar-refractivity contribution in [3.8, 4) is 133 Å². The minimum absolute atomic E-state index is 0.000666. The smallest absolute Gasteiger partial charge is 0.123 e. The Morgan fingerprint density at radius 2 is 0.517 bits per heavy atom. The van der Waals surface area contributed by atoms with E-state index in [1.54, 1.807) is 41.5 Å². The molecule has 3 unspecified atom stereocenters. The zero-order valence-electron chi connectivity index (χ0n) is 80.7. The lowest BCUT2D eigenvalue weighted by molar-refractivity contribution is 0.0862. The normalized spacial score (nSPS) is 12.2. The Morgan fingerprint density at radius 3 is 0.703 bits per heavy atom. The van der Waals surface area contributed by atoms with Crippen LogP contribution < -0.4 is 16.0 Å². The molecule has 0 aromatic carbocycles. The maximum atomic E-state index is 9.95. The van der Waals surface area contributed by atoms with Gasteiger partial charge in [0.05, 0.1) is 87.3 Å². The fraction of sp³-hybridized carbons (Fsp3) is 0.773. The third-order valence-electron chi connectivity index (χ3n) is 17.1. The van der Waals surface area contributed by atoms with E-state index in [0.29, 0.717) is 64.1 Å². The van der Waals surface area contributed by atoms with Crippen LogP contribution in [0.15, 0.2) is 0 Å². The predicted octanol–water partition coefficient (Wildman–Crippen LogP) is 7.45. The van der Waals surface area contributed by atoms with Crippen LogP contribution in [0, 0.1) is 145 Å². The number of hydrogen-bond donors (Lipinski definition) is 13. The predicted molar refractivity (Wildman–Crippen MR) is 505 cm³/mol. The van der Waals surface area contributed by atoms with E-state index in [4.69, 9.17) is 47.4 Å². The summed E-state index contributed by atoms with van der Waals surface area (Å²) in [5.41, 5.74) is -4.56. The third-order valence-corrected chi connectivity index (χ3v) is 17.1. The van der Waals surface area contributed by atoms with Crippen LogP contribution in [-0.4, -0.2) is 344 Å². The minimum atomic E-state index is -0.854. The van der Waals surface area contributed by atoms with Crippen molar-refractivity contribution in [3.05, 3.63) is 0 Å². The Balaban J connectivity index is -0.000000163. The van der Waals surface area contributed by atoms with Crippen LogP contribution in [0.4, 0.5) is 0 Å². The van der Waals surface area contributed by atoms with Crippen LogP contribution in [0.5, 0.6) is 0 Å². The van der Waals surface area contributed by atoms with Crippen molar-refractivity contribution in [1.29, 1.82) is 0 Å². The Kier molecular flexibility index (Phi) is 90.9. The van der Waals surface area contributed by atoms with Crippen LogP contribution in [0.25, 0.3) is 0 Å². The first-order valence-corrected chi connectivity index (χ1v) is 42.9. The van der Waals surface area contributed by atoms with Gasteiger partial charge in [-0.2, -0.15) is 0 Å². The van der Waals surface area contributed by atoms with Crippen LogP contribution in [0.1, 0.15) is 227 Å². The summed E-state index contributed by atoms with van der Waals surface area (Å²) in [6.45, 7) is 81.4. The van der Waals surface area contributed by atoms with Gasteiger partial charge in [-0.1, -0.05) is 225 Å². The molecule has 0 saturated heterocycles. The number of nitrogens with one attached hydrogen (secondary N) is 3. The molecule has 0 aliphatic heterocycles. The molecule has 21 nitrogen and oxygen atoms in total. The molecule has 118 heavy (non-hydrogen) atoms. The van der Waals surface area contributed by atoms with Gasteiger partial charge in [-0.3, -0.25) is 55.1 Å². The number of terminal acetylenes is 5. The fourth-order valence-corrected chi connectivity index (χ4v) is 9.36. The highest BCUT2D eigenvalue weighted by Gasteiger charge is 2.22. The lowest BCUT2D eigenvalue weighted by atomic mass is 9.95. The van der Waals surface area contributed by atoms with Gasteiger partial charge in [-0.25, -0.2) is 0 Å². The van der Waals surface area contributed by atoms with Crippen molar-refractivity contribution in [1.82, 2.24) is 55.1 Å². The third kappa shape index (κ3) is 101. The van der Waals surface area contributed by atoms with Gasteiger partial charge in [-0.05, 0) is 206 Å². The number of hydrogen-bond acceptors (Lipinski definition) is 21. The summed E-state index contributed by atoms with van der Waals surface area (Å²) in [5.74, 6) is 48.3. The lowest BCUT2D eigenvalue weighted by Crippen LogP contribution is -2.48. The molecule has 0 fully saturated rings. The van der Waals surface area contributed by atoms with E-state index in [9.17, 15) is 35.7 Å². The number of aliphatic hydroxyl groups excluding tert-OH is 6. The first kappa shape index (κ1) is 130. The van der Waals surface area contributed by atoms with Crippen molar-refractivity contribution in [3.63, 3.8) is 0 Å². The van der Waals surface area contributed by atoms with Gasteiger partial charge < -0.3 is 51.1 Å². The average molecular weight is 1660 g/mol. The number of β-amino-alcohol motifs (C(OH)–C–C–N with tert-alkyl or cyclic N) is 2. The lowest BCUT2D eigenvalue weighted by Gasteiger charge is -2.25. The largest absolute Gasteiger partial charge is 0.396 e. The van der Waals surface area contributed by atoms with Crippen LogP contribution in [0.2, 0.25) is 0 Å². The summed E-state index contributed by atoms with van der Waals surface area (Å²) in [6.07, 6.45) is 26.8. The van der Waals surface area contributed by atoms with Gasteiger partial charge in [0, 0.05) is 39.3 Å². The molecule has 21 heteroatoms. The molecule has 682 valence electrons. The molecule has 3 atom stereocenters. The highest BCUT2D eigenvalue weighted by Crippen LogP contribution is 2.16. The molecular formula is C97H179N11O10.